The first-order valence-corrected chi connectivity index (χ1v) is 27.7. The minimum Gasteiger partial charge on any atom is -0.457 e. The first-order chi connectivity index (χ1) is 30.6. The van der Waals surface area contributed by atoms with E-state index in [1.807, 2.05) is 0 Å². The van der Waals surface area contributed by atoms with Crippen LogP contribution in [0, 0.1) is 0 Å². The van der Waals surface area contributed by atoms with Crippen LogP contribution in [-0.2, 0) is 38.3 Å². The summed E-state index contributed by atoms with van der Waals surface area (Å²) in [4.78, 5) is 12.9. The SMILES string of the molecule is CCCCCCCCCCCCCCCCCCCCCCCCC(=O)OC(COCCCCCCCCCCCCCCCC)COC1OC(CO)C(O)C(OS(=O)(=O)O)C1O. The lowest BCUT2D eigenvalue weighted by Crippen LogP contribution is -2.60. The molecule has 0 saturated carbocycles. The molecular formula is C50H98O12S. The second-order valence-electron chi connectivity index (χ2n) is 18.5. The molecule has 1 rings (SSSR count). The van der Waals surface area contributed by atoms with E-state index < -0.39 is 59.8 Å². The molecule has 6 unspecified atom stereocenters. The van der Waals surface area contributed by atoms with E-state index >= 15 is 0 Å². The fourth-order valence-electron chi connectivity index (χ4n) is 8.50. The fourth-order valence-corrected chi connectivity index (χ4v) is 9.01. The highest BCUT2D eigenvalue weighted by molar-refractivity contribution is 7.80. The zero-order valence-electron chi connectivity index (χ0n) is 40.4. The average Bonchev–Trinajstić information content (AvgIpc) is 3.26. The Hall–Kier alpha value is -0.900. The van der Waals surface area contributed by atoms with Crippen LogP contribution in [0.2, 0.25) is 0 Å². The van der Waals surface area contributed by atoms with Crippen molar-refractivity contribution in [2.24, 2.45) is 0 Å². The van der Waals surface area contributed by atoms with Crippen LogP contribution in [0.25, 0.3) is 0 Å². The van der Waals surface area contributed by atoms with Crippen LogP contribution in [0.15, 0.2) is 0 Å². The second-order valence-corrected chi connectivity index (χ2v) is 19.5. The Morgan fingerprint density at radius 2 is 0.905 bits per heavy atom. The molecule has 6 atom stereocenters. The molecule has 0 bridgehead atoms. The maximum Gasteiger partial charge on any atom is 0.397 e. The average molecular weight is 923 g/mol. The molecule has 0 spiro atoms. The monoisotopic (exact) mass is 923 g/mol. The van der Waals surface area contributed by atoms with Crippen LogP contribution in [0.1, 0.15) is 251 Å². The number of hydrogen-bond donors (Lipinski definition) is 4. The molecule has 1 fully saturated rings. The molecule has 376 valence electrons. The second kappa shape index (κ2) is 42.5. The van der Waals surface area contributed by atoms with E-state index in [0.717, 1.165) is 38.5 Å². The van der Waals surface area contributed by atoms with Gasteiger partial charge in [-0.3, -0.25) is 9.35 Å². The maximum atomic E-state index is 12.9. The van der Waals surface area contributed by atoms with Gasteiger partial charge in [-0.2, -0.15) is 8.42 Å². The molecule has 13 heteroatoms. The van der Waals surface area contributed by atoms with Gasteiger partial charge < -0.3 is 34.3 Å². The summed E-state index contributed by atoms with van der Waals surface area (Å²) in [5, 5.41) is 30.7. The Bertz CT molecular complexity index is 1110. The Labute approximate surface area is 386 Å². The molecule has 63 heavy (non-hydrogen) atoms. The topological polar surface area (TPSA) is 178 Å². The minimum absolute atomic E-state index is 0.0450. The van der Waals surface area contributed by atoms with Crippen LogP contribution in [-0.4, -0.2) is 97.5 Å². The van der Waals surface area contributed by atoms with Crippen LogP contribution in [0.3, 0.4) is 0 Å². The van der Waals surface area contributed by atoms with E-state index in [1.54, 1.807) is 0 Å². The van der Waals surface area contributed by atoms with Crippen molar-refractivity contribution in [3.05, 3.63) is 0 Å². The van der Waals surface area contributed by atoms with Gasteiger partial charge >= 0.3 is 16.4 Å². The first kappa shape index (κ1) is 60.1. The molecule has 0 radical (unpaired) electrons. The van der Waals surface area contributed by atoms with Crippen LogP contribution >= 0.6 is 0 Å². The molecular weight excluding hydrogens is 825 g/mol. The first-order valence-electron chi connectivity index (χ1n) is 26.3. The molecule has 1 aliphatic heterocycles. The summed E-state index contributed by atoms with van der Waals surface area (Å²) in [7, 11) is -5.06. The van der Waals surface area contributed by atoms with E-state index in [9.17, 15) is 33.1 Å². The minimum atomic E-state index is -5.06. The Balaban J connectivity index is 2.31. The largest absolute Gasteiger partial charge is 0.457 e. The third-order valence-corrected chi connectivity index (χ3v) is 12.9. The third kappa shape index (κ3) is 35.9. The van der Waals surface area contributed by atoms with Gasteiger partial charge in [-0.1, -0.05) is 232 Å². The van der Waals surface area contributed by atoms with Crippen molar-refractivity contribution in [3.8, 4) is 0 Å². The van der Waals surface area contributed by atoms with Crippen molar-refractivity contribution in [2.75, 3.05) is 26.4 Å². The number of ether oxygens (including phenoxy) is 4. The number of carbonyl (C=O) groups is 1. The Kier molecular flexibility index (Phi) is 40.5. The van der Waals surface area contributed by atoms with E-state index in [0.29, 0.717) is 13.0 Å². The predicted molar refractivity (Wildman–Crippen MR) is 253 cm³/mol. The van der Waals surface area contributed by atoms with Crippen molar-refractivity contribution in [3.63, 3.8) is 0 Å². The van der Waals surface area contributed by atoms with Gasteiger partial charge in [0.05, 0.1) is 19.8 Å². The summed E-state index contributed by atoms with van der Waals surface area (Å²) < 4.78 is 59.2. The summed E-state index contributed by atoms with van der Waals surface area (Å²) in [6, 6.07) is 0. The lowest BCUT2D eigenvalue weighted by Gasteiger charge is -2.41. The number of esters is 1. The highest BCUT2D eigenvalue weighted by Crippen LogP contribution is 2.26. The number of aliphatic hydroxyl groups is 3. The summed E-state index contributed by atoms with van der Waals surface area (Å²) >= 11 is 0. The van der Waals surface area contributed by atoms with Gasteiger partial charge in [0.15, 0.2) is 6.29 Å². The quantitative estimate of drug-likeness (QED) is 0.0258. The zero-order valence-corrected chi connectivity index (χ0v) is 41.2. The number of carbonyl (C=O) groups excluding carboxylic acids is 1. The number of rotatable bonds is 47. The molecule has 0 aromatic carbocycles. The summed E-state index contributed by atoms with van der Waals surface area (Å²) in [6.07, 6.45) is 37.1. The normalized spacial score (nSPS) is 19.7. The Morgan fingerprint density at radius 3 is 1.27 bits per heavy atom. The standard InChI is InChI=1S/C50H98O12S/c1-3-5-7-9-11-13-15-17-19-20-21-22-23-24-25-26-27-29-31-33-35-37-39-46(52)60-44(42-58-40-38-36-34-32-30-28-18-16-14-12-10-8-6-4-2)43-59-50-48(54)49(62-63(55,56)57)47(53)45(41-51)61-50/h44-45,47-51,53-54H,3-43H2,1-2H3,(H,55,56,57). The van der Waals surface area contributed by atoms with Crippen molar-refractivity contribution < 1.29 is 56.2 Å². The summed E-state index contributed by atoms with van der Waals surface area (Å²) in [5.41, 5.74) is 0. The highest BCUT2D eigenvalue weighted by Gasteiger charge is 2.48. The van der Waals surface area contributed by atoms with Gasteiger partial charge in [0.25, 0.3) is 0 Å². The van der Waals surface area contributed by atoms with Gasteiger partial charge in [0, 0.05) is 13.0 Å². The van der Waals surface area contributed by atoms with E-state index in [2.05, 4.69) is 18.0 Å². The van der Waals surface area contributed by atoms with E-state index in [1.165, 1.54) is 186 Å². The number of aliphatic hydroxyl groups excluding tert-OH is 3. The van der Waals surface area contributed by atoms with Gasteiger partial charge in [0.1, 0.15) is 30.5 Å². The summed E-state index contributed by atoms with van der Waals surface area (Å²) in [5.74, 6) is -0.391. The highest BCUT2D eigenvalue weighted by atomic mass is 32.3. The van der Waals surface area contributed by atoms with E-state index in [-0.39, 0.29) is 19.6 Å². The Morgan fingerprint density at radius 1 is 0.540 bits per heavy atom. The van der Waals surface area contributed by atoms with Crippen LogP contribution in [0.5, 0.6) is 0 Å². The van der Waals surface area contributed by atoms with E-state index in [4.69, 9.17) is 18.9 Å². The zero-order chi connectivity index (χ0) is 46.1. The molecule has 4 N–H and O–H groups in total. The number of hydrogen-bond acceptors (Lipinski definition) is 11. The van der Waals surface area contributed by atoms with Gasteiger partial charge in [-0.25, -0.2) is 4.18 Å². The van der Waals surface area contributed by atoms with Gasteiger partial charge in [-0.05, 0) is 12.8 Å². The molecule has 0 aromatic rings. The number of unbranched alkanes of at least 4 members (excludes halogenated alkanes) is 34. The maximum absolute atomic E-state index is 12.9. The van der Waals surface area contributed by atoms with Crippen molar-refractivity contribution in [1.29, 1.82) is 0 Å². The van der Waals surface area contributed by atoms with Crippen molar-refractivity contribution in [2.45, 2.75) is 288 Å². The van der Waals surface area contributed by atoms with Crippen LogP contribution in [0.4, 0.5) is 0 Å². The fraction of sp³-hybridized carbons (Fsp3) is 0.980. The smallest absolute Gasteiger partial charge is 0.397 e. The van der Waals surface area contributed by atoms with Crippen LogP contribution < -0.4 is 0 Å². The summed E-state index contributed by atoms with van der Waals surface area (Å²) in [6.45, 7) is 4.06. The molecule has 12 nitrogen and oxygen atoms in total. The van der Waals surface area contributed by atoms with Gasteiger partial charge in [-0.15, -0.1) is 0 Å². The third-order valence-electron chi connectivity index (χ3n) is 12.5. The molecule has 1 aliphatic rings. The van der Waals surface area contributed by atoms with Crippen molar-refractivity contribution in [1.82, 2.24) is 0 Å². The van der Waals surface area contributed by atoms with Gasteiger partial charge in [0.2, 0.25) is 0 Å². The molecule has 1 heterocycles. The molecule has 0 aliphatic carbocycles. The predicted octanol–water partition coefficient (Wildman–Crippen LogP) is 12.0. The molecule has 1 saturated heterocycles. The lowest BCUT2D eigenvalue weighted by molar-refractivity contribution is -0.301. The lowest BCUT2D eigenvalue weighted by atomic mass is 9.99. The molecule has 0 amide bonds. The molecule has 0 aromatic heterocycles. The van der Waals surface area contributed by atoms with Crippen molar-refractivity contribution >= 4 is 16.4 Å².